The van der Waals surface area contributed by atoms with Crippen LogP contribution in [0.2, 0.25) is 0 Å². The molecule has 174 valence electrons. The number of hydrogen-bond donors (Lipinski definition) is 0. The summed E-state index contributed by atoms with van der Waals surface area (Å²) in [7, 11) is 0. The van der Waals surface area contributed by atoms with E-state index in [-0.39, 0.29) is 12.2 Å². The highest BCUT2D eigenvalue weighted by Crippen LogP contribution is 2.36. The molecule has 0 N–H and O–H groups in total. The maximum absolute atomic E-state index is 13.3. The molecule has 6 heteroatoms. The molecule has 0 saturated carbocycles. The number of carbonyl (C=O) groups excluding carboxylic acids is 1. The van der Waals surface area contributed by atoms with Gasteiger partial charge in [-0.1, -0.05) is 42.5 Å². The van der Waals surface area contributed by atoms with Crippen LogP contribution in [0.1, 0.15) is 34.6 Å². The van der Waals surface area contributed by atoms with Crippen molar-refractivity contribution in [3.05, 3.63) is 80.7 Å². The molecule has 0 spiro atoms. The molecule has 0 unspecified atom stereocenters. The van der Waals surface area contributed by atoms with E-state index in [0.29, 0.717) is 19.0 Å². The van der Waals surface area contributed by atoms with Gasteiger partial charge in [-0.25, -0.2) is 4.79 Å². The molecule has 3 aliphatic heterocycles. The summed E-state index contributed by atoms with van der Waals surface area (Å²) in [5.74, 6) is 0.522. The summed E-state index contributed by atoms with van der Waals surface area (Å²) in [5, 5.41) is 4.14. The van der Waals surface area contributed by atoms with Crippen LogP contribution in [-0.2, 0) is 24.2 Å². The number of quaternary nitrogens is 1. The Morgan fingerprint density at radius 1 is 0.939 bits per heavy atom. The monoisotopic (exact) mass is 481 g/mol. The van der Waals surface area contributed by atoms with Gasteiger partial charge in [-0.05, 0) is 34.9 Å². The summed E-state index contributed by atoms with van der Waals surface area (Å²) in [6.45, 7) is 5.87. The third-order valence-electron chi connectivity index (χ3n) is 7.35. The van der Waals surface area contributed by atoms with Crippen molar-refractivity contribution in [2.24, 2.45) is 5.92 Å². The van der Waals surface area contributed by atoms with E-state index in [0.717, 1.165) is 17.4 Å². The predicted molar refractivity (Wildman–Crippen MR) is 135 cm³/mol. The molecule has 2 aromatic heterocycles. The lowest BCUT2D eigenvalue weighted by molar-refractivity contribution is -0.946. The van der Waals surface area contributed by atoms with E-state index < -0.39 is 0 Å². The molecular formula is C27H33N2O2S2+. The van der Waals surface area contributed by atoms with Crippen LogP contribution in [0.15, 0.2) is 65.4 Å². The maximum atomic E-state index is 13.3. The van der Waals surface area contributed by atoms with Crippen molar-refractivity contribution >= 4 is 28.8 Å². The van der Waals surface area contributed by atoms with Crippen LogP contribution in [-0.4, -0.2) is 47.8 Å². The molecule has 2 bridgehead atoms. The Bertz CT molecular complexity index is 960. The molecule has 33 heavy (non-hydrogen) atoms. The first-order valence-corrected chi connectivity index (χ1v) is 13.8. The number of rotatable bonds is 9. The number of ether oxygens (including phenoxy) is 1. The van der Waals surface area contributed by atoms with Gasteiger partial charge in [-0.2, -0.15) is 0 Å². The summed E-state index contributed by atoms with van der Waals surface area (Å²) in [4.78, 5) is 17.6. The third kappa shape index (κ3) is 5.68. The second-order valence-electron chi connectivity index (χ2n) is 9.56. The Balaban J connectivity index is 1.21. The Labute approximate surface area is 205 Å². The summed E-state index contributed by atoms with van der Waals surface area (Å²) in [6, 6.07) is 19.1. The number of fused-ring (bicyclic) bond motifs is 3. The first-order chi connectivity index (χ1) is 16.2. The number of benzene rings is 1. The van der Waals surface area contributed by atoms with Crippen molar-refractivity contribution in [3.63, 3.8) is 0 Å². The van der Waals surface area contributed by atoms with Crippen LogP contribution in [0.4, 0.5) is 4.79 Å². The van der Waals surface area contributed by atoms with Gasteiger partial charge in [0.05, 0.1) is 32.7 Å². The van der Waals surface area contributed by atoms with Crippen molar-refractivity contribution in [2.45, 2.75) is 44.9 Å². The number of piperidine rings is 3. The molecule has 3 aliphatic rings. The summed E-state index contributed by atoms with van der Waals surface area (Å²) < 4.78 is 7.38. The Kier molecular flexibility index (Phi) is 7.14. The molecule has 5 heterocycles. The number of hydrogen-bond acceptors (Lipinski definition) is 4. The average molecular weight is 482 g/mol. The highest BCUT2D eigenvalue weighted by molar-refractivity contribution is 7.10. The van der Waals surface area contributed by atoms with Crippen LogP contribution in [0.5, 0.6) is 0 Å². The van der Waals surface area contributed by atoms with Crippen molar-refractivity contribution in [2.75, 3.05) is 26.2 Å². The summed E-state index contributed by atoms with van der Waals surface area (Å²) in [5.41, 5.74) is 1.42. The molecular weight excluding hydrogens is 448 g/mol. The fourth-order valence-corrected chi connectivity index (χ4v) is 6.94. The first-order valence-electron chi connectivity index (χ1n) is 12.1. The Morgan fingerprint density at radius 3 is 2.21 bits per heavy atom. The quantitative estimate of drug-likeness (QED) is 0.341. The zero-order chi connectivity index (χ0) is 22.5. The number of aryl methyl sites for hydroxylation is 1. The minimum Gasteiger partial charge on any atom is -0.440 e. The van der Waals surface area contributed by atoms with Gasteiger partial charge in [-0.15, -0.1) is 22.7 Å². The number of carbonyl (C=O) groups is 1. The molecule has 0 aliphatic carbocycles. The average Bonchev–Trinajstić information content (AvgIpc) is 3.55. The van der Waals surface area contributed by atoms with Crippen LogP contribution in [0.3, 0.4) is 0 Å². The van der Waals surface area contributed by atoms with Gasteiger partial charge < -0.3 is 9.22 Å². The minimum absolute atomic E-state index is 0.0471. The van der Waals surface area contributed by atoms with Crippen molar-refractivity contribution < 1.29 is 14.0 Å². The Hall–Kier alpha value is -2.15. The van der Waals surface area contributed by atoms with Gasteiger partial charge in [0, 0.05) is 34.9 Å². The molecule has 1 atom stereocenters. The predicted octanol–water partition coefficient (Wildman–Crippen LogP) is 6.19. The standard InChI is InChI=1S/C27H33N2O2S2/c30-27(28(19-24-10-5-17-32-24)20-25-11-6-18-33-25)31-26-21-29(15-12-23(26)13-16-29)14-4-9-22-7-2-1-3-8-22/h1-3,5-8,10-11,17-18,23,26H,4,9,12-16,19-21H2/q+1/t23?,26-,29?/m0/s1. The van der Waals surface area contributed by atoms with E-state index in [9.17, 15) is 4.79 Å². The van der Waals surface area contributed by atoms with Crippen LogP contribution >= 0.6 is 22.7 Å². The van der Waals surface area contributed by atoms with Gasteiger partial charge in [0.15, 0.2) is 6.10 Å². The molecule has 3 saturated heterocycles. The molecule has 1 aromatic carbocycles. The topological polar surface area (TPSA) is 29.5 Å². The summed E-state index contributed by atoms with van der Waals surface area (Å²) >= 11 is 3.39. The highest BCUT2D eigenvalue weighted by atomic mass is 32.1. The Morgan fingerprint density at radius 2 is 1.61 bits per heavy atom. The second kappa shape index (κ2) is 10.4. The number of nitrogens with zero attached hydrogens (tertiary/aromatic N) is 2. The van der Waals surface area contributed by atoms with Gasteiger partial charge in [0.2, 0.25) is 0 Å². The van der Waals surface area contributed by atoms with E-state index in [1.807, 2.05) is 17.0 Å². The zero-order valence-electron chi connectivity index (χ0n) is 19.1. The first kappa shape index (κ1) is 22.6. The zero-order valence-corrected chi connectivity index (χ0v) is 20.7. The minimum atomic E-state index is -0.155. The van der Waals surface area contributed by atoms with E-state index >= 15 is 0 Å². The largest absolute Gasteiger partial charge is 0.440 e. The SMILES string of the molecule is O=C(O[C@H]1C[N+]2(CCCc3ccccc3)CCC1CC2)N(Cc1cccs1)Cc1cccs1. The van der Waals surface area contributed by atoms with Gasteiger partial charge in [-0.3, -0.25) is 4.90 Å². The fourth-order valence-electron chi connectivity index (χ4n) is 5.50. The van der Waals surface area contributed by atoms with Crippen molar-refractivity contribution in [1.82, 2.24) is 4.90 Å². The highest BCUT2D eigenvalue weighted by Gasteiger charge is 2.47. The van der Waals surface area contributed by atoms with Crippen LogP contribution in [0.25, 0.3) is 0 Å². The second-order valence-corrected chi connectivity index (χ2v) is 11.6. The maximum Gasteiger partial charge on any atom is 0.410 e. The smallest absolute Gasteiger partial charge is 0.410 e. The van der Waals surface area contributed by atoms with Crippen molar-refractivity contribution in [1.29, 1.82) is 0 Å². The van der Waals surface area contributed by atoms with Crippen LogP contribution in [0, 0.1) is 5.92 Å². The lowest BCUT2D eigenvalue weighted by atomic mass is 9.83. The fraction of sp³-hybridized carbons (Fsp3) is 0.444. The lowest BCUT2D eigenvalue weighted by Crippen LogP contribution is -2.65. The lowest BCUT2D eigenvalue weighted by Gasteiger charge is -2.52. The normalized spacial score (nSPS) is 24.0. The number of thiophene rings is 2. The molecule has 0 radical (unpaired) electrons. The molecule has 6 rings (SSSR count). The molecule has 1 amide bonds. The van der Waals surface area contributed by atoms with E-state index in [4.69, 9.17) is 4.74 Å². The van der Waals surface area contributed by atoms with E-state index in [1.165, 1.54) is 54.2 Å². The molecule has 3 fully saturated rings. The van der Waals surface area contributed by atoms with Gasteiger partial charge in [0.1, 0.15) is 6.54 Å². The van der Waals surface area contributed by atoms with Gasteiger partial charge >= 0.3 is 6.09 Å². The van der Waals surface area contributed by atoms with Gasteiger partial charge in [0.25, 0.3) is 0 Å². The molecule has 4 nitrogen and oxygen atoms in total. The van der Waals surface area contributed by atoms with Crippen molar-refractivity contribution in [3.8, 4) is 0 Å². The van der Waals surface area contributed by atoms with E-state index in [1.54, 1.807) is 22.7 Å². The number of amides is 1. The van der Waals surface area contributed by atoms with E-state index in [2.05, 4.69) is 53.2 Å². The summed E-state index contributed by atoms with van der Waals surface area (Å²) in [6.07, 6.45) is 4.57. The third-order valence-corrected chi connectivity index (χ3v) is 9.07. The van der Waals surface area contributed by atoms with Crippen LogP contribution < -0.4 is 0 Å². The molecule has 3 aromatic rings.